The van der Waals surface area contributed by atoms with Crippen molar-refractivity contribution in [3.63, 3.8) is 0 Å². The maximum atomic E-state index is 12.2. The van der Waals surface area contributed by atoms with Gasteiger partial charge >= 0.3 is 5.97 Å². The van der Waals surface area contributed by atoms with E-state index in [-0.39, 0.29) is 16.8 Å². The third-order valence-corrected chi connectivity index (χ3v) is 5.11. The molecule has 0 spiro atoms. The van der Waals surface area contributed by atoms with Crippen LogP contribution in [0.2, 0.25) is 5.02 Å². The Hall–Kier alpha value is -2.14. The second kappa shape index (κ2) is 8.04. The van der Waals surface area contributed by atoms with Crippen molar-refractivity contribution in [2.45, 2.75) is 51.6 Å². The Kier molecular flexibility index (Phi) is 5.77. The fourth-order valence-corrected chi connectivity index (χ4v) is 3.11. The molecule has 0 N–H and O–H groups in total. The van der Waals surface area contributed by atoms with Crippen molar-refractivity contribution in [1.82, 2.24) is 9.97 Å². The van der Waals surface area contributed by atoms with Crippen LogP contribution in [0.1, 0.15) is 60.9 Å². The highest BCUT2D eigenvalue weighted by Crippen LogP contribution is 2.41. The quantitative estimate of drug-likeness (QED) is 0.664. The first kappa shape index (κ1) is 18.6. The van der Waals surface area contributed by atoms with E-state index in [1.165, 1.54) is 7.11 Å². The van der Waals surface area contributed by atoms with Crippen LogP contribution in [0.4, 0.5) is 5.82 Å². The topological polar surface area (TPSA) is 55.3 Å². The molecule has 0 radical (unpaired) electrons. The summed E-state index contributed by atoms with van der Waals surface area (Å²) < 4.78 is 4.88. The van der Waals surface area contributed by atoms with Crippen LogP contribution in [-0.2, 0) is 11.3 Å². The summed E-state index contributed by atoms with van der Waals surface area (Å²) in [5, 5.41) is 0.262. The van der Waals surface area contributed by atoms with Crippen molar-refractivity contribution in [2.24, 2.45) is 0 Å². The van der Waals surface area contributed by atoms with E-state index >= 15 is 0 Å². The SMILES string of the molecule is CCC(C)N(Cc1ccccc1)c1nc(C2CC2)nc(C(=O)OC)c1Cl. The second-order valence-electron chi connectivity index (χ2n) is 6.70. The van der Waals surface area contributed by atoms with Crippen molar-refractivity contribution >= 4 is 23.4 Å². The Bertz CT molecular complexity index is 778. The summed E-state index contributed by atoms with van der Waals surface area (Å²) in [7, 11) is 1.34. The van der Waals surface area contributed by atoms with Crippen LogP contribution < -0.4 is 4.90 Å². The van der Waals surface area contributed by atoms with Gasteiger partial charge in [0.1, 0.15) is 10.8 Å². The Morgan fingerprint density at radius 1 is 1.31 bits per heavy atom. The largest absolute Gasteiger partial charge is 0.464 e. The molecule has 2 aromatic rings. The van der Waals surface area contributed by atoms with Crippen molar-refractivity contribution in [2.75, 3.05) is 12.0 Å². The molecule has 1 atom stereocenters. The fraction of sp³-hybridized carbons (Fsp3) is 0.450. The van der Waals surface area contributed by atoms with Gasteiger partial charge in [0.05, 0.1) is 7.11 Å². The Labute approximate surface area is 159 Å². The van der Waals surface area contributed by atoms with Gasteiger partial charge in [0.2, 0.25) is 0 Å². The van der Waals surface area contributed by atoms with Crippen molar-refractivity contribution in [1.29, 1.82) is 0 Å². The number of hydrogen-bond donors (Lipinski definition) is 0. The number of hydrogen-bond acceptors (Lipinski definition) is 5. The van der Waals surface area contributed by atoms with Crippen LogP contribution in [0, 0.1) is 0 Å². The smallest absolute Gasteiger partial charge is 0.358 e. The van der Waals surface area contributed by atoms with E-state index < -0.39 is 5.97 Å². The molecule has 1 aliphatic carbocycles. The number of methoxy groups -OCH3 is 1. The molecular formula is C20H24ClN3O2. The van der Waals surface area contributed by atoms with E-state index in [2.05, 4.69) is 35.9 Å². The predicted octanol–water partition coefficient (Wildman–Crippen LogP) is 4.60. The molecule has 0 saturated heterocycles. The van der Waals surface area contributed by atoms with E-state index in [9.17, 15) is 4.79 Å². The van der Waals surface area contributed by atoms with Gasteiger partial charge in [-0.15, -0.1) is 0 Å². The zero-order chi connectivity index (χ0) is 18.7. The van der Waals surface area contributed by atoms with Gasteiger partial charge in [0.15, 0.2) is 11.5 Å². The minimum absolute atomic E-state index is 0.155. The molecule has 6 heteroatoms. The third kappa shape index (κ3) is 3.98. The monoisotopic (exact) mass is 373 g/mol. The van der Waals surface area contributed by atoms with Crippen molar-refractivity contribution in [3.05, 3.63) is 52.4 Å². The molecule has 1 heterocycles. The molecule has 1 fully saturated rings. The first-order chi connectivity index (χ1) is 12.5. The van der Waals surface area contributed by atoms with Gasteiger partial charge in [-0.25, -0.2) is 14.8 Å². The third-order valence-electron chi connectivity index (χ3n) is 4.76. The van der Waals surface area contributed by atoms with Gasteiger partial charge in [-0.2, -0.15) is 0 Å². The summed E-state index contributed by atoms with van der Waals surface area (Å²) in [6.45, 7) is 4.92. The average molecular weight is 374 g/mol. The number of ether oxygens (including phenoxy) is 1. The van der Waals surface area contributed by atoms with E-state index in [1.54, 1.807) is 0 Å². The minimum Gasteiger partial charge on any atom is -0.464 e. The molecule has 138 valence electrons. The van der Waals surface area contributed by atoms with Crippen LogP contribution in [0.3, 0.4) is 0 Å². The normalized spacial score (nSPS) is 14.8. The summed E-state index contributed by atoms with van der Waals surface area (Å²) in [5.74, 6) is 1.09. The fourth-order valence-electron chi connectivity index (χ4n) is 2.84. The van der Waals surface area contributed by atoms with Crippen LogP contribution in [0.15, 0.2) is 30.3 Å². The summed E-state index contributed by atoms with van der Waals surface area (Å²) in [5.41, 5.74) is 1.32. The zero-order valence-electron chi connectivity index (χ0n) is 15.4. The van der Waals surface area contributed by atoms with Gasteiger partial charge in [0, 0.05) is 18.5 Å². The minimum atomic E-state index is -0.524. The number of anilines is 1. The summed E-state index contributed by atoms with van der Waals surface area (Å²) >= 11 is 6.57. The van der Waals surface area contributed by atoms with Crippen LogP contribution in [0.25, 0.3) is 0 Å². The summed E-state index contributed by atoms with van der Waals surface area (Å²) in [6.07, 6.45) is 3.02. The highest BCUT2D eigenvalue weighted by Gasteiger charge is 2.32. The number of aromatic nitrogens is 2. The summed E-state index contributed by atoms with van der Waals surface area (Å²) in [4.78, 5) is 23.5. The van der Waals surface area contributed by atoms with Gasteiger partial charge in [-0.1, -0.05) is 48.9 Å². The lowest BCUT2D eigenvalue weighted by atomic mass is 10.1. The van der Waals surface area contributed by atoms with Crippen LogP contribution in [-0.4, -0.2) is 29.1 Å². The maximum absolute atomic E-state index is 12.2. The summed E-state index contributed by atoms with van der Waals surface area (Å²) in [6, 6.07) is 10.4. The average Bonchev–Trinajstić information content (AvgIpc) is 3.51. The highest BCUT2D eigenvalue weighted by atomic mass is 35.5. The first-order valence-electron chi connectivity index (χ1n) is 9.01. The first-order valence-corrected chi connectivity index (χ1v) is 9.39. The number of carbonyl (C=O) groups excluding carboxylic acids is 1. The predicted molar refractivity (Wildman–Crippen MR) is 103 cm³/mol. The van der Waals surface area contributed by atoms with Crippen LogP contribution in [0.5, 0.6) is 0 Å². The molecule has 1 unspecified atom stereocenters. The molecule has 26 heavy (non-hydrogen) atoms. The number of halogens is 1. The number of carbonyl (C=O) groups is 1. The molecule has 0 aliphatic heterocycles. The van der Waals surface area contributed by atoms with Crippen LogP contribution >= 0.6 is 11.6 Å². The Morgan fingerprint density at radius 3 is 2.58 bits per heavy atom. The molecular weight excluding hydrogens is 350 g/mol. The Morgan fingerprint density at radius 2 is 2.00 bits per heavy atom. The molecule has 0 bridgehead atoms. The molecule has 5 nitrogen and oxygen atoms in total. The van der Waals surface area contributed by atoms with E-state index in [4.69, 9.17) is 21.3 Å². The molecule has 1 aliphatic rings. The molecule has 1 saturated carbocycles. The van der Waals surface area contributed by atoms with E-state index in [1.807, 2.05) is 18.2 Å². The zero-order valence-corrected chi connectivity index (χ0v) is 16.2. The lowest BCUT2D eigenvalue weighted by molar-refractivity contribution is 0.0593. The highest BCUT2D eigenvalue weighted by molar-refractivity contribution is 6.35. The standard InChI is InChI=1S/C20H24ClN3O2/c1-4-13(2)24(12-14-8-6-5-7-9-14)19-16(21)17(20(25)26-3)22-18(23-19)15-10-11-15/h5-9,13,15H,4,10-12H2,1-3H3. The molecule has 0 amide bonds. The maximum Gasteiger partial charge on any atom is 0.358 e. The van der Waals surface area contributed by atoms with E-state index in [0.717, 1.165) is 24.8 Å². The van der Waals surface area contributed by atoms with Crippen molar-refractivity contribution in [3.8, 4) is 0 Å². The van der Waals surface area contributed by atoms with Gasteiger partial charge in [-0.05, 0) is 31.7 Å². The number of nitrogens with zero attached hydrogens (tertiary/aromatic N) is 3. The van der Waals surface area contributed by atoms with E-state index in [0.29, 0.717) is 24.1 Å². The molecule has 1 aromatic carbocycles. The van der Waals surface area contributed by atoms with Gasteiger partial charge in [-0.3, -0.25) is 0 Å². The van der Waals surface area contributed by atoms with Crippen molar-refractivity contribution < 1.29 is 9.53 Å². The Balaban J connectivity index is 2.06. The number of esters is 1. The van der Waals surface area contributed by atoms with Gasteiger partial charge < -0.3 is 9.64 Å². The molecule has 3 rings (SSSR count). The number of benzene rings is 1. The second-order valence-corrected chi connectivity index (χ2v) is 7.08. The number of rotatable bonds is 7. The molecule has 1 aromatic heterocycles. The lowest BCUT2D eigenvalue weighted by Crippen LogP contribution is -2.34. The lowest BCUT2D eigenvalue weighted by Gasteiger charge is -2.31. The van der Waals surface area contributed by atoms with Gasteiger partial charge in [0.25, 0.3) is 0 Å².